The van der Waals surface area contributed by atoms with Gasteiger partial charge in [-0.15, -0.1) is 0 Å². The second-order valence-corrected chi connectivity index (χ2v) is 17.0. The van der Waals surface area contributed by atoms with Crippen LogP contribution in [0.4, 0.5) is 0 Å². The number of carbonyl (C=O) groups is 6. The number of ether oxygens (including phenoxy) is 1. The Bertz CT molecular complexity index is 1710. The summed E-state index contributed by atoms with van der Waals surface area (Å²) in [6.07, 6.45) is 5.95. The third-order valence-electron chi connectivity index (χ3n) is 11.8. The van der Waals surface area contributed by atoms with E-state index < -0.39 is 84.3 Å². The fraction of sp³-hybridized carbons (Fsp3) is 0.609. The van der Waals surface area contributed by atoms with E-state index in [-0.39, 0.29) is 31.2 Å². The molecule has 2 aliphatic rings. The van der Waals surface area contributed by atoms with Gasteiger partial charge in [-0.05, 0) is 74.0 Å². The lowest BCUT2D eigenvalue weighted by Gasteiger charge is -2.36. The fourth-order valence-electron chi connectivity index (χ4n) is 8.26. The summed E-state index contributed by atoms with van der Waals surface area (Å²) in [6.45, 7) is 6.35. The summed E-state index contributed by atoms with van der Waals surface area (Å²) in [5.41, 5.74) is 8.82. The number of esters is 1. The Hall–Kier alpha value is -4.82. The molecule has 2 fully saturated rings. The predicted molar refractivity (Wildman–Crippen MR) is 230 cm³/mol. The van der Waals surface area contributed by atoms with Gasteiger partial charge in [0, 0.05) is 13.6 Å². The van der Waals surface area contributed by atoms with Crippen LogP contribution in [0.25, 0.3) is 11.1 Å². The first-order chi connectivity index (χ1) is 28.7. The summed E-state index contributed by atoms with van der Waals surface area (Å²) in [5, 5.41) is 21.2. The highest BCUT2D eigenvalue weighted by Crippen LogP contribution is 2.29. The molecule has 14 heteroatoms. The van der Waals surface area contributed by atoms with Gasteiger partial charge in [0.15, 0.2) is 0 Å². The molecular weight excluding hydrogens is 765 g/mol. The molecule has 7 atom stereocenters. The number of nitrogens with zero attached hydrogens (tertiary/aromatic N) is 1. The Morgan fingerprint density at radius 2 is 1.47 bits per heavy atom. The second kappa shape index (κ2) is 23.8. The SMILES string of the molecule is CCCCCC[C@H]1OC(=O)CNC(=O)[C@H](C(C)O)NC(=O)[C@H](CN)NC(=O)[C@H](C2CCCCC2)NC(=O)[C@H](CC(C)C)N(C)C(=O)[C@@H]1Cc1ccc(-c2ccccc2)cc1. The number of nitrogens with two attached hydrogens (primary N) is 1. The average Bonchev–Trinajstić information content (AvgIpc) is 3.24. The molecule has 60 heavy (non-hydrogen) atoms. The molecule has 5 amide bonds. The number of carbonyl (C=O) groups excluding carboxylic acids is 6. The lowest BCUT2D eigenvalue weighted by molar-refractivity contribution is -0.158. The van der Waals surface area contributed by atoms with Crippen molar-refractivity contribution in [1.29, 1.82) is 0 Å². The van der Waals surface area contributed by atoms with Crippen LogP contribution in [-0.2, 0) is 39.9 Å². The summed E-state index contributed by atoms with van der Waals surface area (Å²) in [7, 11) is 1.58. The van der Waals surface area contributed by atoms with Crippen LogP contribution in [0.2, 0.25) is 0 Å². The standard InChI is InChI=1S/C46H68N6O8/c1-6-7-8-15-20-38-35(26-31-21-23-33(24-22-31)32-16-11-9-12-17-32)46(59)52(5)37(25-29(2)3)43(56)51-41(34-18-13-10-14-19-34)45(58)49-36(27-47)42(55)50-40(30(4)53)44(57)48-28-39(54)60-38/h9,11-12,16-17,21-24,29-30,34-38,40-41,53H,6-8,10,13-15,18-20,25-28,47H2,1-5H3,(H,48,57)(H,49,58)(H,50,55)(H,51,56)/t30?,35-,36+,37+,38-,40+,41+/m1/s1. The number of benzene rings is 2. The Morgan fingerprint density at radius 3 is 2.08 bits per heavy atom. The maximum atomic E-state index is 15.1. The van der Waals surface area contributed by atoms with Gasteiger partial charge in [-0.25, -0.2) is 0 Å². The Morgan fingerprint density at radius 1 is 0.800 bits per heavy atom. The van der Waals surface area contributed by atoms with E-state index in [1.165, 1.54) is 11.8 Å². The highest BCUT2D eigenvalue weighted by Gasteiger charge is 2.41. The van der Waals surface area contributed by atoms with Gasteiger partial charge >= 0.3 is 5.97 Å². The lowest BCUT2D eigenvalue weighted by Crippen LogP contribution is -2.62. The van der Waals surface area contributed by atoms with E-state index >= 15 is 4.79 Å². The molecule has 0 spiro atoms. The minimum absolute atomic E-state index is 0.0259. The fourth-order valence-corrected chi connectivity index (χ4v) is 8.26. The first-order valence-corrected chi connectivity index (χ1v) is 21.9. The van der Waals surface area contributed by atoms with Crippen LogP contribution in [0.3, 0.4) is 0 Å². The van der Waals surface area contributed by atoms with Crippen molar-refractivity contribution in [2.75, 3.05) is 20.1 Å². The molecular formula is C46H68N6O8. The summed E-state index contributed by atoms with van der Waals surface area (Å²) in [6, 6.07) is 12.9. The third kappa shape index (κ3) is 13.9. The largest absolute Gasteiger partial charge is 0.460 e. The van der Waals surface area contributed by atoms with Crippen molar-refractivity contribution in [2.24, 2.45) is 23.5 Å². The molecule has 14 nitrogen and oxygen atoms in total. The van der Waals surface area contributed by atoms with Crippen molar-refractivity contribution in [3.05, 3.63) is 60.2 Å². The van der Waals surface area contributed by atoms with E-state index in [1.54, 1.807) is 7.05 Å². The summed E-state index contributed by atoms with van der Waals surface area (Å²) in [4.78, 5) is 85.8. The Kier molecular flexibility index (Phi) is 19.0. The number of likely N-dealkylation sites (N-methyl/N-ethyl adjacent to an activating group) is 1. The van der Waals surface area contributed by atoms with E-state index in [0.717, 1.165) is 55.2 Å². The van der Waals surface area contributed by atoms with E-state index in [1.807, 2.05) is 68.4 Å². The van der Waals surface area contributed by atoms with Crippen LogP contribution in [0, 0.1) is 17.8 Å². The third-order valence-corrected chi connectivity index (χ3v) is 11.8. The highest BCUT2D eigenvalue weighted by atomic mass is 16.5. The average molecular weight is 833 g/mol. The number of cyclic esters (lactones) is 1. The normalized spacial score (nSPS) is 25.2. The summed E-state index contributed by atoms with van der Waals surface area (Å²) < 4.78 is 6.12. The van der Waals surface area contributed by atoms with Gasteiger partial charge in [0.1, 0.15) is 36.8 Å². The van der Waals surface area contributed by atoms with Gasteiger partial charge in [0.05, 0.1) is 12.0 Å². The molecule has 7 N–H and O–H groups in total. The zero-order valence-corrected chi connectivity index (χ0v) is 36.1. The second-order valence-electron chi connectivity index (χ2n) is 17.0. The lowest BCUT2D eigenvalue weighted by atomic mass is 9.83. The molecule has 1 unspecified atom stereocenters. The number of amides is 5. The number of unbranched alkanes of at least 4 members (excludes halogenated alkanes) is 3. The van der Waals surface area contributed by atoms with Crippen molar-refractivity contribution in [3.63, 3.8) is 0 Å². The predicted octanol–water partition coefficient (Wildman–Crippen LogP) is 3.77. The first kappa shape index (κ1) is 47.9. The topological polar surface area (TPSA) is 209 Å². The van der Waals surface area contributed by atoms with E-state index in [4.69, 9.17) is 10.5 Å². The molecule has 1 aliphatic carbocycles. The van der Waals surface area contributed by atoms with Gasteiger partial charge in [0.25, 0.3) is 0 Å². The monoisotopic (exact) mass is 833 g/mol. The maximum Gasteiger partial charge on any atom is 0.325 e. The van der Waals surface area contributed by atoms with E-state index in [0.29, 0.717) is 25.7 Å². The van der Waals surface area contributed by atoms with E-state index in [9.17, 15) is 29.1 Å². The summed E-state index contributed by atoms with van der Waals surface area (Å²) >= 11 is 0. The van der Waals surface area contributed by atoms with Crippen molar-refractivity contribution >= 4 is 35.5 Å². The van der Waals surface area contributed by atoms with Crippen molar-refractivity contribution < 1.29 is 38.6 Å². The first-order valence-electron chi connectivity index (χ1n) is 21.9. The van der Waals surface area contributed by atoms with Gasteiger partial charge < -0.3 is 41.7 Å². The smallest absolute Gasteiger partial charge is 0.325 e. The Labute approximate surface area is 355 Å². The Balaban J connectivity index is 1.80. The van der Waals surface area contributed by atoms with Crippen LogP contribution in [-0.4, -0.2) is 102 Å². The van der Waals surface area contributed by atoms with Gasteiger partial charge in [0.2, 0.25) is 29.5 Å². The molecule has 1 saturated carbocycles. The van der Waals surface area contributed by atoms with E-state index in [2.05, 4.69) is 28.2 Å². The van der Waals surface area contributed by atoms with Crippen LogP contribution in [0.15, 0.2) is 54.6 Å². The zero-order chi connectivity index (χ0) is 43.8. The summed E-state index contributed by atoms with van der Waals surface area (Å²) in [5.74, 6) is -5.20. The zero-order valence-electron chi connectivity index (χ0n) is 36.1. The van der Waals surface area contributed by atoms with Crippen molar-refractivity contribution in [2.45, 2.75) is 141 Å². The minimum Gasteiger partial charge on any atom is -0.460 e. The maximum absolute atomic E-state index is 15.1. The number of aliphatic hydroxyl groups excluding tert-OH is 1. The molecule has 1 saturated heterocycles. The number of nitrogens with one attached hydrogen (secondary N) is 4. The molecule has 0 radical (unpaired) electrons. The van der Waals surface area contributed by atoms with Crippen LogP contribution in [0.1, 0.15) is 104 Å². The van der Waals surface area contributed by atoms with Crippen LogP contribution < -0.4 is 27.0 Å². The number of rotatable bonds is 13. The minimum atomic E-state index is -1.50. The molecule has 1 aliphatic heterocycles. The highest BCUT2D eigenvalue weighted by molar-refractivity contribution is 5.96. The van der Waals surface area contributed by atoms with Crippen LogP contribution >= 0.6 is 0 Å². The molecule has 2 aromatic rings. The number of aliphatic hydroxyl groups is 1. The van der Waals surface area contributed by atoms with Crippen molar-refractivity contribution in [3.8, 4) is 11.1 Å². The van der Waals surface area contributed by atoms with Gasteiger partial charge in [-0.2, -0.15) is 0 Å². The molecule has 2 aromatic carbocycles. The van der Waals surface area contributed by atoms with Gasteiger partial charge in [-0.3, -0.25) is 28.8 Å². The molecule has 1 heterocycles. The molecule has 330 valence electrons. The van der Waals surface area contributed by atoms with Gasteiger partial charge in [-0.1, -0.05) is 114 Å². The molecule has 0 aromatic heterocycles. The quantitative estimate of drug-likeness (QED) is 0.128. The molecule has 0 bridgehead atoms. The van der Waals surface area contributed by atoms with Crippen molar-refractivity contribution in [1.82, 2.24) is 26.2 Å². The molecule has 4 rings (SSSR count). The number of hydrogen-bond acceptors (Lipinski definition) is 9. The van der Waals surface area contributed by atoms with Crippen LogP contribution in [0.5, 0.6) is 0 Å². The number of hydrogen-bond donors (Lipinski definition) is 6.